The number of benzene rings is 4. The summed E-state index contributed by atoms with van der Waals surface area (Å²) in [6.45, 7) is 1.98. The van der Waals surface area contributed by atoms with Crippen LogP contribution in [0.4, 0.5) is 11.4 Å². The molecule has 0 aliphatic carbocycles. The number of nitrogens with one attached hydrogen (secondary N) is 2. The molecule has 0 heterocycles. The number of carbonyl (C=O) groups is 3. The Labute approximate surface area is 236 Å². The number of halogens is 2. The normalized spacial score (nSPS) is 9.97. The van der Waals surface area contributed by atoms with Gasteiger partial charge in [-0.15, -0.1) is 0 Å². The quantitative estimate of drug-likeness (QED) is 0.194. The molecule has 8 heteroatoms. The lowest BCUT2D eigenvalue weighted by Crippen LogP contribution is -2.14. The summed E-state index contributed by atoms with van der Waals surface area (Å²) in [7, 11) is 0. The summed E-state index contributed by atoms with van der Waals surface area (Å²) in [5, 5.41) is 14.6. The van der Waals surface area contributed by atoms with Crippen LogP contribution in [0.25, 0.3) is 0 Å². The molecule has 0 aliphatic rings. The zero-order chi connectivity index (χ0) is 26.1. The lowest BCUT2D eigenvalue weighted by atomic mass is 10.1. The van der Waals surface area contributed by atoms with E-state index in [2.05, 4.69) is 55.8 Å². The topological polar surface area (TPSA) is 95.5 Å². The lowest BCUT2D eigenvalue weighted by molar-refractivity contribution is 0.0697. The van der Waals surface area contributed by atoms with Gasteiger partial charge >= 0.3 is 5.97 Å². The Bertz CT molecular complexity index is 1380. The third kappa shape index (κ3) is 7.89. The van der Waals surface area contributed by atoms with Crippen molar-refractivity contribution < 1.29 is 19.5 Å². The zero-order valence-electron chi connectivity index (χ0n) is 19.2. The van der Waals surface area contributed by atoms with Crippen molar-refractivity contribution in [2.45, 2.75) is 6.92 Å². The molecule has 0 aromatic heterocycles. The van der Waals surface area contributed by atoms with E-state index in [9.17, 15) is 14.4 Å². The fourth-order valence-electron chi connectivity index (χ4n) is 3.10. The Kier molecular flexibility index (Phi) is 10.00. The predicted octanol–water partition coefficient (Wildman–Crippen LogP) is 7.09. The molecule has 2 amide bonds. The van der Waals surface area contributed by atoms with Crippen LogP contribution in [0.1, 0.15) is 36.6 Å². The van der Waals surface area contributed by atoms with E-state index in [4.69, 9.17) is 5.11 Å². The number of carboxylic acid groups (broad SMARTS) is 1. The van der Waals surface area contributed by atoms with Crippen LogP contribution in [0.15, 0.2) is 97.1 Å². The van der Waals surface area contributed by atoms with Crippen molar-refractivity contribution in [3.8, 4) is 0 Å². The van der Waals surface area contributed by atoms with Crippen molar-refractivity contribution in [2.24, 2.45) is 0 Å². The highest BCUT2D eigenvalue weighted by molar-refractivity contribution is 14.1. The summed E-state index contributed by atoms with van der Waals surface area (Å²) in [5.74, 6) is -1.47. The molecule has 0 saturated heterocycles. The summed E-state index contributed by atoms with van der Waals surface area (Å²) < 4.78 is 1.96. The number of hydrogen-bond acceptors (Lipinski definition) is 3. The number of anilines is 2. The molecule has 182 valence electrons. The van der Waals surface area contributed by atoms with Gasteiger partial charge in [0.2, 0.25) is 0 Å². The van der Waals surface area contributed by atoms with Crippen molar-refractivity contribution in [1.82, 2.24) is 0 Å². The minimum absolute atomic E-state index is 0.0734. The van der Waals surface area contributed by atoms with Crippen LogP contribution in [-0.4, -0.2) is 22.9 Å². The first kappa shape index (κ1) is 27.3. The Hall–Kier alpha value is -3.25. The molecular weight excluding hydrogens is 682 g/mol. The highest BCUT2D eigenvalue weighted by Crippen LogP contribution is 2.21. The molecule has 6 nitrogen and oxygen atoms in total. The lowest BCUT2D eigenvalue weighted by Gasteiger charge is -2.09. The molecule has 0 bridgehead atoms. The number of rotatable bonds is 5. The van der Waals surface area contributed by atoms with E-state index < -0.39 is 5.97 Å². The van der Waals surface area contributed by atoms with Gasteiger partial charge in [-0.25, -0.2) is 4.79 Å². The monoisotopic (exact) mass is 704 g/mol. The van der Waals surface area contributed by atoms with E-state index in [1.54, 1.807) is 48.5 Å². The minimum atomic E-state index is -1.07. The van der Waals surface area contributed by atoms with E-state index in [-0.39, 0.29) is 17.4 Å². The van der Waals surface area contributed by atoms with Gasteiger partial charge < -0.3 is 15.7 Å². The van der Waals surface area contributed by atoms with Crippen molar-refractivity contribution in [3.63, 3.8) is 0 Å². The molecular formula is C28H22I2N2O4. The summed E-state index contributed by atoms with van der Waals surface area (Å²) in [6.07, 6.45) is 0. The smallest absolute Gasteiger partial charge is 0.337 e. The zero-order valence-corrected chi connectivity index (χ0v) is 23.5. The minimum Gasteiger partial charge on any atom is -0.478 e. The van der Waals surface area contributed by atoms with Gasteiger partial charge in [0.1, 0.15) is 0 Å². The summed E-state index contributed by atoms with van der Waals surface area (Å²) in [6, 6.07) is 28.7. The molecule has 0 unspecified atom stereocenters. The van der Waals surface area contributed by atoms with E-state index in [0.29, 0.717) is 16.8 Å². The molecule has 0 aliphatic heterocycles. The highest BCUT2D eigenvalue weighted by Gasteiger charge is 2.13. The second kappa shape index (κ2) is 13.2. The molecule has 0 saturated carbocycles. The molecule has 3 N–H and O–H groups in total. The Balaban J connectivity index is 0.000000202. The van der Waals surface area contributed by atoms with Gasteiger partial charge in [-0.1, -0.05) is 42.5 Å². The average Bonchev–Trinajstić information content (AvgIpc) is 2.87. The third-order valence-corrected chi connectivity index (χ3v) is 6.32. The molecule has 4 aromatic rings. The Morgan fingerprint density at radius 1 is 0.639 bits per heavy atom. The number of carboxylic acids is 1. The van der Waals surface area contributed by atoms with E-state index in [0.717, 1.165) is 18.4 Å². The SMILES string of the molecule is Cc1ccc(I)cc1NC(=O)c1ccccc1.O=C(Nc1cc(I)ccc1C(=O)O)c1ccccc1. The number of carbonyl (C=O) groups excluding carboxylic acids is 2. The van der Waals surface area contributed by atoms with Crippen molar-refractivity contribution in [1.29, 1.82) is 0 Å². The molecule has 0 fully saturated rings. The van der Waals surface area contributed by atoms with E-state index in [1.165, 1.54) is 6.07 Å². The number of aryl methyl sites for hydroxylation is 1. The predicted molar refractivity (Wildman–Crippen MR) is 159 cm³/mol. The molecule has 0 atom stereocenters. The summed E-state index contributed by atoms with van der Waals surface area (Å²) >= 11 is 4.30. The largest absolute Gasteiger partial charge is 0.478 e. The van der Waals surface area contributed by atoms with Gasteiger partial charge in [0.05, 0.1) is 11.3 Å². The molecule has 0 radical (unpaired) electrons. The first-order valence-corrected chi connectivity index (χ1v) is 12.9. The average molecular weight is 704 g/mol. The van der Waals surface area contributed by atoms with Gasteiger partial charge in [0, 0.05) is 24.0 Å². The van der Waals surface area contributed by atoms with E-state index in [1.807, 2.05) is 49.4 Å². The number of amides is 2. The van der Waals surface area contributed by atoms with Gasteiger partial charge in [-0.2, -0.15) is 0 Å². The van der Waals surface area contributed by atoms with Crippen LogP contribution in [-0.2, 0) is 0 Å². The Morgan fingerprint density at radius 2 is 1.08 bits per heavy atom. The fourth-order valence-corrected chi connectivity index (χ4v) is 4.09. The molecule has 0 spiro atoms. The maximum atomic E-state index is 12.0. The van der Waals surface area contributed by atoms with Gasteiger partial charge in [-0.05, 0) is 112 Å². The van der Waals surface area contributed by atoms with Crippen molar-refractivity contribution >= 4 is 74.3 Å². The number of hydrogen-bond donors (Lipinski definition) is 3. The fraction of sp³-hybridized carbons (Fsp3) is 0.0357. The maximum absolute atomic E-state index is 12.0. The molecule has 36 heavy (non-hydrogen) atoms. The second-order valence-electron chi connectivity index (χ2n) is 7.59. The first-order chi connectivity index (χ1) is 17.2. The Morgan fingerprint density at radius 3 is 1.58 bits per heavy atom. The van der Waals surface area contributed by atoms with Crippen LogP contribution in [0.5, 0.6) is 0 Å². The standard InChI is InChI=1S/C14H10INO3.C14H12INO/c15-10-6-7-11(14(18)19)12(8-10)16-13(17)9-4-2-1-3-5-9;1-10-7-8-12(15)9-13(10)16-14(17)11-5-3-2-4-6-11/h1-8H,(H,16,17)(H,18,19);2-9H,1H3,(H,16,17). The van der Waals surface area contributed by atoms with Crippen LogP contribution in [0, 0.1) is 14.1 Å². The van der Waals surface area contributed by atoms with Crippen LogP contribution in [0.3, 0.4) is 0 Å². The van der Waals surface area contributed by atoms with Crippen molar-refractivity contribution in [3.05, 3.63) is 126 Å². The van der Waals surface area contributed by atoms with Gasteiger partial charge in [-0.3, -0.25) is 9.59 Å². The van der Waals surface area contributed by atoms with Gasteiger partial charge in [0.25, 0.3) is 11.8 Å². The van der Waals surface area contributed by atoms with Crippen LogP contribution in [0.2, 0.25) is 0 Å². The first-order valence-electron chi connectivity index (χ1n) is 10.8. The number of aromatic carboxylic acids is 1. The summed E-state index contributed by atoms with van der Waals surface area (Å²) in [4.78, 5) is 35.1. The van der Waals surface area contributed by atoms with Crippen molar-refractivity contribution in [2.75, 3.05) is 10.6 Å². The highest BCUT2D eigenvalue weighted by atomic mass is 127. The maximum Gasteiger partial charge on any atom is 0.337 e. The second-order valence-corrected chi connectivity index (χ2v) is 10.1. The van der Waals surface area contributed by atoms with Crippen LogP contribution < -0.4 is 10.6 Å². The van der Waals surface area contributed by atoms with Gasteiger partial charge in [0.15, 0.2) is 0 Å². The third-order valence-electron chi connectivity index (χ3n) is 4.98. The molecule has 4 rings (SSSR count). The summed E-state index contributed by atoms with van der Waals surface area (Å²) in [5.41, 5.74) is 3.46. The molecule has 4 aromatic carbocycles. The van der Waals surface area contributed by atoms with Crippen LogP contribution >= 0.6 is 45.2 Å². The van der Waals surface area contributed by atoms with E-state index >= 15 is 0 Å².